The summed E-state index contributed by atoms with van der Waals surface area (Å²) in [4.78, 5) is 14.4. The van der Waals surface area contributed by atoms with Crippen molar-refractivity contribution in [2.45, 2.75) is 50.1 Å². The molecule has 2 unspecified atom stereocenters. The van der Waals surface area contributed by atoms with Crippen molar-refractivity contribution in [1.82, 2.24) is 9.21 Å². The fourth-order valence-electron chi connectivity index (χ4n) is 3.71. The van der Waals surface area contributed by atoms with Gasteiger partial charge in [-0.25, -0.2) is 13.2 Å². The molecule has 1 aromatic rings. The fourth-order valence-corrected chi connectivity index (χ4v) is 5.78. The van der Waals surface area contributed by atoms with Gasteiger partial charge < -0.3 is 4.74 Å². The van der Waals surface area contributed by atoms with Crippen LogP contribution >= 0.6 is 15.9 Å². The molecular weight excluding hydrogens is 420 g/mol. The number of sulfonamides is 1. The van der Waals surface area contributed by atoms with Crippen molar-refractivity contribution in [2.24, 2.45) is 5.92 Å². The molecule has 0 radical (unpaired) electrons. The van der Waals surface area contributed by atoms with Gasteiger partial charge in [-0.1, -0.05) is 42.3 Å². The molecular formula is C18H25BrN2O4S. The van der Waals surface area contributed by atoms with E-state index in [1.807, 2.05) is 4.90 Å². The minimum Gasteiger partial charge on any atom is -0.447 e. The number of amides is 1. The van der Waals surface area contributed by atoms with E-state index < -0.39 is 10.0 Å². The topological polar surface area (TPSA) is 66.9 Å². The van der Waals surface area contributed by atoms with Crippen LogP contribution in [0.2, 0.25) is 0 Å². The van der Waals surface area contributed by atoms with E-state index in [2.05, 4.69) is 29.8 Å². The van der Waals surface area contributed by atoms with Crippen LogP contribution < -0.4 is 0 Å². The number of halogens is 1. The minimum absolute atomic E-state index is 0.0398. The van der Waals surface area contributed by atoms with E-state index in [1.54, 1.807) is 24.3 Å². The number of ether oxygens (including phenoxy) is 1. The first-order valence-electron chi connectivity index (χ1n) is 9.05. The Morgan fingerprint density at radius 1 is 1.31 bits per heavy atom. The summed E-state index contributed by atoms with van der Waals surface area (Å²) >= 11 is 3.33. The maximum absolute atomic E-state index is 12.9. The Morgan fingerprint density at radius 3 is 2.62 bits per heavy atom. The van der Waals surface area contributed by atoms with E-state index >= 15 is 0 Å². The summed E-state index contributed by atoms with van der Waals surface area (Å²) < 4.78 is 33.2. The maximum Gasteiger partial charge on any atom is 0.410 e. The Kier molecular flexibility index (Phi) is 5.94. The van der Waals surface area contributed by atoms with E-state index in [0.717, 1.165) is 10.9 Å². The Labute approximate surface area is 163 Å². The molecule has 26 heavy (non-hydrogen) atoms. The van der Waals surface area contributed by atoms with Crippen LogP contribution in [0.15, 0.2) is 33.6 Å². The quantitative estimate of drug-likeness (QED) is 0.696. The van der Waals surface area contributed by atoms with Gasteiger partial charge in [0.05, 0.1) is 10.9 Å². The summed E-state index contributed by atoms with van der Waals surface area (Å²) in [6.45, 7) is 5.50. The molecule has 2 aliphatic rings. The summed E-state index contributed by atoms with van der Waals surface area (Å²) in [7, 11) is -3.51. The van der Waals surface area contributed by atoms with Crippen LogP contribution in [-0.4, -0.2) is 55.5 Å². The maximum atomic E-state index is 12.9. The van der Waals surface area contributed by atoms with Crippen LogP contribution in [0.1, 0.15) is 33.1 Å². The molecule has 2 saturated heterocycles. The van der Waals surface area contributed by atoms with Crippen LogP contribution in [0.5, 0.6) is 0 Å². The molecule has 6 nitrogen and oxygen atoms in total. The predicted molar refractivity (Wildman–Crippen MR) is 102 cm³/mol. The molecule has 3 rings (SSSR count). The highest BCUT2D eigenvalue weighted by molar-refractivity contribution is 9.10. The molecule has 2 aliphatic heterocycles. The lowest BCUT2D eigenvalue weighted by atomic mass is 9.95. The van der Waals surface area contributed by atoms with E-state index in [0.29, 0.717) is 43.4 Å². The highest BCUT2D eigenvalue weighted by Gasteiger charge is 2.42. The molecule has 0 bridgehead atoms. The van der Waals surface area contributed by atoms with Crippen molar-refractivity contribution >= 4 is 32.0 Å². The van der Waals surface area contributed by atoms with Gasteiger partial charge in [0.2, 0.25) is 10.0 Å². The average molecular weight is 445 g/mol. The summed E-state index contributed by atoms with van der Waals surface area (Å²) in [5.41, 5.74) is 0. The second-order valence-corrected chi connectivity index (χ2v) is 9.88. The number of hydrogen-bond donors (Lipinski definition) is 0. The SMILES string of the molecule is CCC(C)C1COC(=O)N1C1CCN(S(=O)(=O)c2cccc(Br)c2)CC1. The highest BCUT2D eigenvalue weighted by Crippen LogP contribution is 2.30. The van der Waals surface area contributed by atoms with E-state index in [-0.39, 0.29) is 18.2 Å². The molecule has 0 aromatic heterocycles. The van der Waals surface area contributed by atoms with Crippen molar-refractivity contribution in [3.05, 3.63) is 28.7 Å². The Morgan fingerprint density at radius 2 is 2.00 bits per heavy atom. The molecule has 0 spiro atoms. The van der Waals surface area contributed by atoms with Gasteiger partial charge in [-0.05, 0) is 37.0 Å². The van der Waals surface area contributed by atoms with Gasteiger partial charge in [0.1, 0.15) is 6.61 Å². The summed E-state index contributed by atoms with van der Waals surface area (Å²) in [5, 5.41) is 0. The second-order valence-electron chi connectivity index (χ2n) is 7.03. The monoisotopic (exact) mass is 444 g/mol. The van der Waals surface area contributed by atoms with Gasteiger partial charge in [0.25, 0.3) is 0 Å². The van der Waals surface area contributed by atoms with Gasteiger partial charge in [0, 0.05) is 23.6 Å². The Balaban J connectivity index is 1.70. The average Bonchev–Trinajstić information content (AvgIpc) is 3.02. The zero-order valence-corrected chi connectivity index (χ0v) is 17.5. The van der Waals surface area contributed by atoms with E-state index in [4.69, 9.17) is 4.74 Å². The lowest BCUT2D eigenvalue weighted by Gasteiger charge is -2.38. The second kappa shape index (κ2) is 7.86. The molecule has 1 aromatic carbocycles. The number of rotatable bonds is 5. The lowest BCUT2D eigenvalue weighted by molar-refractivity contribution is 0.114. The largest absolute Gasteiger partial charge is 0.447 e. The predicted octanol–water partition coefficient (Wildman–Crippen LogP) is 3.47. The molecule has 144 valence electrons. The number of cyclic esters (lactones) is 1. The smallest absolute Gasteiger partial charge is 0.410 e. The highest BCUT2D eigenvalue weighted by atomic mass is 79.9. The first kappa shape index (κ1) is 19.6. The fraction of sp³-hybridized carbons (Fsp3) is 0.611. The molecule has 1 amide bonds. The van der Waals surface area contributed by atoms with Crippen LogP contribution in [0.25, 0.3) is 0 Å². The molecule has 2 heterocycles. The van der Waals surface area contributed by atoms with Gasteiger partial charge in [-0.3, -0.25) is 4.90 Å². The number of benzene rings is 1. The molecule has 2 fully saturated rings. The third-order valence-corrected chi connectivity index (χ3v) is 7.89. The number of hydrogen-bond acceptors (Lipinski definition) is 4. The van der Waals surface area contributed by atoms with Gasteiger partial charge in [-0.2, -0.15) is 4.31 Å². The summed E-state index contributed by atoms with van der Waals surface area (Å²) in [5.74, 6) is 0.366. The van der Waals surface area contributed by atoms with Crippen LogP contribution in [0.3, 0.4) is 0 Å². The standard InChI is InChI=1S/C18H25BrN2O4S/c1-3-13(2)17-12-25-18(22)21(17)15-7-9-20(10-8-15)26(23,24)16-6-4-5-14(19)11-16/h4-6,11,13,15,17H,3,7-10,12H2,1-2H3. The van der Waals surface area contributed by atoms with Crippen LogP contribution in [-0.2, 0) is 14.8 Å². The van der Waals surface area contributed by atoms with E-state index in [1.165, 1.54) is 4.31 Å². The first-order chi connectivity index (χ1) is 12.3. The molecule has 0 aliphatic carbocycles. The van der Waals surface area contributed by atoms with Crippen molar-refractivity contribution in [1.29, 1.82) is 0 Å². The van der Waals surface area contributed by atoms with Crippen molar-refractivity contribution in [2.75, 3.05) is 19.7 Å². The number of carbonyl (C=O) groups excluding carboxylic acids is 1. The molecule has 2 atom stereocenters. The Bertz CT molecular complexity index is 762. The number of nitrogens with zero attached hydrogens (tertiary/aromatic N) is 2. The van der Waals surface area contributed by atoms with Crippen molar-refractivity contribution < 1.29 is 17.9 Å². The zero-order chi connectivity index (χ0) is 18.9. The van der Waals surface area contributed by atoms with Gasteiger partial charge in [-0.15, -0.1) is 0 Å². The zero-order valence-electron chi connectivity index (χ0n) is 15.1. The third kappa shape index (κ3) is 3.77. The van der Waals surface area contributed by atoms with Crippen molar-refractivity contribution in [3.63, 3.8) is 0 Å². The minimum atomic E-state index is -3.51. The van der Waals surface area contributed by atoms with Crippen LogP contribution in [0, 0.1) is 5.92 Å². The molecule has 0 saturated carbocycles. The number of piperidine rings is 1. The van der Waals surface area contributed by atoms with Crippen LogP contribution in [0.4, 0.5) is 4.79 Å². The molecule has 8 heteroatoms. The summed E-state index contributed by atoms with van der Waals surface area (Å²) in [6.07, 6.45) is 1.99. The molecule has 0 N–H and O–H groups in total. The van der Waals surface area contributed by atoms with Crippen molar-refractivity contribution in [3.8, 4) is 0 Å². The van der Waals surface area contributed by atoms with E-state index in [9.17, 15) is 13.2 Å². The Hall–Kier alpha value is -1.12. The third-order valence-electron chi connectivity index (χ3n) is 5.50. The lowest BCUT2D eigenvalue weighted by Crippen LogP contribution is -2.51. The summed E-state index contributed by atoms with van der Waals surface area (Å²) in [6, 6.07) is 6.89. The first-order valence-corrected chi connectivity index (χ1v) is 11.3. The van der Waals surface area contributed by atoms with Gasteiger partial charge >= 0.3 is 6.09 Å². The number of carbonyl (C=O) groups is 1. The normalized spacial score (nSPS) is 23.9. The van der Waals surface area contributed by atoms with Gasteiger partial charge in [0.15, 0.2) is 0 Å².